The standard InChI is InChI=1S/C26H26ClN5O2/c27-16-12-13-19-22(15-16)30-21-11-5-4-9-18(21)23(19)29-14-6-10-20-24(25(28)33)31-32(26(20)34)17-7-2-1-3-8-17/h1-3,7-8,12-13,15,31H,4-6,9-11,14H2,(H2,28,33)(H,29,30). The lowest BCUT2D eigenvalue weighted by Crippen LogP contribution is -2.19. The quantitative estimate of drug-likeness (QED) is 0.344. The van der Waals surface area contributed by atoms with Crippen LogP contribution in [-0.2, 0) is 19.3 Å². The molecule has 34 heavy (non-hydrogen) atoms. The third-order valence-electron chi connectivity index (χ3n) is 6.38. The molecule has 0 atom stereocenters. The number of anilines is 1. The predicted molar refractivity (Wildman–Crippen MR) is 135 cm³/mol. The largest absolute Gasteiger partial charge is 0.384 e. The fourth-order valence-electron chi connectivity index (χ4n) is 4.75. The van der Waals surface area contributed by atoms with E-state index in [1.807, 2.05) is 36.4 Å². The minimum absolute atomic E-state index is 0.162. The molecule has 7 nitrogen and oxygen atoms in total. The first-order chi connectivity index (χ1) is 16.5. The van der Waals surface area contributed by atoms with Gasteiger partial charge in [-0.15, -0.1) is 0 Å². The number of fused-ring (bicyclic) bond motifs is 2. The molecule has 5 rings (SSSR count). The summed E-state index contributed by atoms with van der Waals surface area (Å²) >= 11 is 6.22. The van der Waals surface area contributed by atoms with Crippen LogP contribution in [0.4, 0.5) is 5.69 Å². The number of rotatable bonds is 7. The second kappa shape index (κ2) is 9.35. The molecule has 8 heteroatoms. The molecule has 2 heterocycles. The normalized spacial score (nSPS) is 13.1. The fourth-order valence-corrected chi connectivity index (χ4v) is 4.91. The number of hydrogen-bond donors (Lipinski definition) is 3. The summed E-state index contributed by atoms with van der Waals surface area (Å²) < 4.78 is 1.37. The number of hydrogen-bond acceptors (Lipinski definition) is 4. The summed E-state index contributed by atoms with van der Waals surface area (Å²) in [5.74, 6) is -0.638. The molecule has 1 aliphatic rings. The van der Waals surface area contributed by atoms with Crippen molar-refractivity contribution >= 4 is 34.1 Å². The van der Waals surface area contributed by atoms with Gasteiger partial charge in [-0.3, -0.25) is 19.7 Å². The van der Waals surface area contributed by atoms with Crippen LogP contribution in [0.25, 0.3) is 16.6 Å². The van der Waals surface area contributed by atoms with Gasteiger partial charge in [-0.05, 0) is 74.4 Å². The zero-order valence-electron chi connectivity index (χ0n) is 18.7. The molecule has 4 aromatic rings. The molecule has 2 aromatic heterocycles. The van der Waals surface area contributed by atoms with Gasteiger partial charge in [0.2, 0.25) is 0 Å². The maximum Gasteiger partial charge on any atom is 0.275 e. The van der Waals surface area contributed by atoms with E-state index in [1.54, 1.807) is 12.1 Å². The minimum Gasteiger partial charge on any atom is -0.384 e. The van der Waals surface area contributed by atoms with E-state index in [-0.39, 0.29) is 11.3 Å². The first-order valence-corrected chi connectivity index (χ1v) is 11.9. The zero-order valence-corrected chi connectivity index (χ0v) is 19.5. The number of aromatic amines is 1. The van der Waals surface area contributed by atoms with Gasteiger partial charge in [0.25, 0.3) is 11.5 Å². The average molecular weight is 476 g/mol. The van der Waals surface area contributed by atoms with Crippen molar-refractivity contribution in [3.8, 4) is 5.69 Å². The maximum absolute atomic E-state index is 13.0. The highest BCUT2D eigenvalue weighted by atomic mass is 35.5. The molecule has 1 aliphatic carbocycles. The van der Waals surface area contributed by atoms with E-state index in [0.717, 1.165) is 48.0 Å². The lowest BCUT2D eigenvalue weighted by atomic mass is 9.92. The van der Waals surface area contributed by atoms with E-state index in [1.165, 1.54) is 10.2 Å². The van der Waals surface area contributed by atoms with E-state index in [9.17, 15) is 9.59 Å². The molecule has 0 aliphatic heterocycles. The molecule has 1 amide bonds. The number of nitrogens with one attached hydrogen (secondary N) is 2. The monoisotopic (exact) mass is 475 g/mol. The minimum atomic E-state index is -0.638. The van der Waals surface area contributed by atoms with Gasteiger partial charge >= 0.3 is 0 Å². The van der Waals surface area contributed by atoms with Crippen molar-refractivity contribution in [3.05, 3.63) is 86.4 Å². The molecule has 0 spiro atoms. The number of nitrogens with two attached hydrogens (primary N) is 1. The Morgan fingerprint density at radius 1 is 1.15 bits per heavy atom. The number of carbonyl (C=O) groups excluding carboxylic acids is 1. The number of halogens is 1. The summed E-state index contributed by atoms with van der Waals surface area (Å²) in [7, 11) is 0. The van der Waals surface area contributed by atoms with Gasteiger partial charge in [0, 0.05) is 33.9 Å². The van der Waals surface area contributed by atoms with Crippen LogP contribution in [0.1, 0.15) is 46.6 Å². The predicted octanol–water partition coefficient (Wildman–Crippen LogP) is 4.39. The second-order valence-corrected chi connectivity index (χ2v) is 9.05. The Morgan fingerprint density at radius 2 is 1.94 bits per heavy atom. The van der Waals surface area contributed by atoms with Gasteiger partial charge in [-0.1, -0.05) is 29.8 Å². The van der Waals surface area contributed by atoms with Gasteiger partial charge in [-0.2, -0.15) is 0 Å². The van der Waals surface area contributed by atoms with Crippen molar-refractivity contribution in [1.29, 1.82) is 0 Å². The smallest absolute Gasteiger partial charge is 0.275 e. The van der Waals surface area contributed by atoms with Crippen molar-refractivity contribution < 1.29 is 4.79 Å². The van der Waals surface area contributed by atoms with Crippen LogP contribution in [0, 0.1) is 0 Å². The van der Waals surface area contributed by atoms with E-state index >= 15 is 0 Å². The average Bonchev–Trinajstić information content (AvgIpc) is 3.18. The molecule has 0 unspecified atom stereocenters. The molecular formula is C26H26ClN5O2. The number of carbonyl (C=O) groups is 1. The maximum atomic E-state index is 13.0. The van der Waals surface area contributed by atoms with Crippen LogP contribution in [0.3, 0.4) is 0 Å². The van der Waals surface area contributed by atoms with Crippen molar-refractivity contribution in [2.75, 3.05) is 11.9 Å². The summed E-state index contributed by atoms with van der Waals surface area (Å²) in [6.07, 6.45) is 5.34. The Labute approximate surface area is 201 Å². The number of H-pyrrole nitrogens is 1. The molecule has 0 fully saturated rings. The van der Waals surface area contributed by atoms with Crippen molar-refractivity contribution in [3.63, 3.8) is 0 Å². The Morgan fingerprint density at radius 3 is 2.74 bits per heavy atom. The molecular weight excluding hydrogens is 450 g/mol. The molecule has 4 N–H and O–H groups in total. The molecule has 174 valence electrons. The zero-order chi connectivity index (χ0) is 23.7. The number of aryl methyl sites for hydroxylation is 1. The summed E-state index contributed by atoms with van der Waals surface area (Å²) in [5, 5.41) is 8.20. The van der Waals surface area contributed by atoms with E-state index < -0.39 is 5.91 Å². The van der Waals surface area contributed by atoms with Crippen LogP contribution < -0.4 is 16.6 Å². The number of nitrogens with zero attached hydrogens (tertiary/aromatic N) is 2. The molecule has 2 aromatic carbocycles. The van der Waals surface area contributed by atoms with Gasteiger partial charge in [0.1, 0.15) is 5.69 Å². The summed E-state index contributed by atoms with van der Waals surface area (Å²) in [6, 6.07) is 15.0. The first-order valence-electron chi connectivity index (χ1n) is 11.6. The van der Waals surface area contributed by atoms with Crippen LogP contribution >= 0.6 is 11.6 Å². The molecule has 0 bridgehead atoms. The van der Waals surface area contributed by atoms with Gasteiger partial charge in [-0.25, -0.2) is 4.68 Å². The first kappa shape index (κ1) is 22.2. The Balaban J connectivity index is 1.38. The van der Waals surface area contributed by atoms with Crippen LogP contribution in [0.15, 0.2) is 53.3 Å². The highest BCUT2D eigenvalue weighted by Crippen LogP contribution is 2.34. The number of para-hydroxylation sites is 1. The van der Waals surface area contributed by atoms with Crippen LogP contribution in [0.2, 0.25) is 5.02 Å². The Bertz CT molecular complexity index is 1420. The third-order valence-corrected chi connectivity index (χ3v) is 6.61. The van der Waals surface area contributed by atoms with Gasteiger partial charge in [0.15, 0.2) is 0 Å². The lowest BCUT2D eigenvalue weighted by Gasteiger charge is -2.21. The van der Waals surface area contributed by atoms with Crippen molar-refractivity contribution in [2.24, 2.45) is 5.73 Å². The lowest BCUT2D eigenvalue weighted by molar-refractivity contribution is 0.0994. The molecule has 0 saturated carbocycles. The topological polar surface area (TPSA) is 106 Å². The number of benzene rings is 2. The van der Waals surface area contributed by atoms with Gasteiger partial charge in [0.05, 0.1) is 11.2 Å². The van der Waals surface area contributed by atoms with Crippen molar-refractivity contribution in [1.82, 2.24) is 14.8 Å². The van der Waals surface area contributed by atoms with Gasteiger partial charge < -0.3 is 11.1 Å². The Hall–Kier alpha value is -3.58. The molecule has 0 radical (unpaired) electrons. The summed E-state index contributed by atoms with van der Waals surface area (Å²) in [6.45, 7) is 0.641. The fraction of sp³-hybridized carbons (Fsp3) is 0.269. The molecule has 0 saturated heterocycles. The van der Waals surface area contributed by atoms with Crippen LogP contribution in [-0.4, -0.2) is 27.2 Å². The van der Waals surface area contributed by atoms with Crippen molar-refractivity contribution in [2.45, 2.75) is 38.5 Å². The van der Waals surface area contributed by atoms with E-state index in [2.05, 4.69) is 10.4 Å². The highest BCUT2D eigenvalue weighted by molar-refractivity contribution is 6.31. The van der Waals surface area contributed by atoms with Crippen LogP contribution in [0.5, 0.6) is 0 Å². The Kier molecular flexibility index (Phi) is 6.11. The van der Waals surface area contributed by atoms with E-state index in [0.29, 0.717) is 35.7 Å². The third kappa shape index (κ3) is 4.19. The number of primary amides is 1. The summed E-state index contributed by atoms with van der Waals surface area (Å²) in [4.78, 5) is 29.9. The SMILES string of the molecule is NC(=O)c1[nH]n(-c2ccccc2)c(=O)c1CCCNc1c2c(nc3cc(Cl)ccc13)CCCC2. The van der Waals surface area contributed by atoms with E-state index in [4.69, 9.17) is 22.3 Å². The summed E-state index contributed by atoms with van der Waals surface area (Å²) in [5.41, 5.74) is 10.9. The second-order valence-electron chi connectivity index (χ2n) is 8.62. The number of aromatic nitrogens is 3. The number of pyridine rings is 1. The number of amides is 1. The highest BCUT2D eigenvalue weighted by Gasteiger charge is 2.20.